The molecule has 0 aromatic heterocycles. The summed E-state index contributed by atoms with van der Waals surface area (Å²) in [4.78, 5) is 11.8. The molecule has 1 aromatic rings. The lowest BCUT2D eigenvalue weighted by Gasteiger charge is -2.25. The first-order valence-corrected chi connectivity index (χ1v) is 8.70. The molecule has 0 heterocycles. The largest absolute Gasteiger partial charge is 0.354 e. The number of carbonyl (C=O) groups excluding carboxylic acids is 1. The summed E-state index contributed by atoms with van der Waals surface area (Å²) in [7, 11) is -3.39. The van der Waals surface area contributed by atoms with Crippen LogP contribution in [-0.4, -0.2) is 33.7 Å². The maximum atomic E-state index is 12.0. The smallest absolute Gasteiger partial charge is 0.232 e. The fraction of sp³-hybridized carbons (Fsp3) is 0.533. The van der Waals surface area contributed by atoms with Crippen molar-refractivity contribution in [1.82, 2.24) is 5.32 Å². The van der Waals surface area contributed by atoms with Crippen molar-refractivity contribution in [2.75, 3.05) is 23.7 Å². The topological polar surface area (TPSA) is 66.5 Å². The zero-order valence-electron chi connectivity index (χ0n) is 13.3. The van der Waals surface area contributed by atoms with Gasteiger partial charge in [-0.2, -0.15) is 0 Å². The highest BCUT2D eigenvalue weighted by Crippen LogP contribution is 2.21. The number of amides is 1. The van der Waals surface area contributed by atoms with Crippen LogP contribution < -0.4 is 9.62 Å². The Morgan fingerprint density at radius 1 is 1.24 bits per heavy atom. The molecule has 0 saturated heterocycles. The predicted molar refractivity (Wildman–Crippen MR) is 85.8 cm³/mol. The van der Waals surface area contributed by atoms with Crippen molar-refractivity contribution in [2.24, 2.45) is 5.41 Å². The molecule has 0 aliphatic carbocycles. The first-order chi connectivity index (χ1) is 9.53. The van der Waals surface area contributed by atoms with Crippen LogP contribution in [0.25, 0.3) is 0 Å². The number of sulfonamides is 1. The molecule has 0 bridgehead atoms. The van der Waals surface area contributed by atoms with Gasteiger partial charge in [-0.05, 0) is 18.6 Å². The summed E-state index contributed by atoms with van der Waals surface area (Å²) in [5, 5.41) is 2.77. The average molecular weight is 312 g/mol. The van der Waals surface area contributed by atoms with Gasteiger partial charge in [0, 0.05) is 12.0 Å². The number of benzene rings is 1. The molecule has 0 aliphatic heterocycles. The van der Waals surface area contributed by atoms with E-state index in [0.717, 1.165) is 5.56 Å². The highest BCUT2D eigenvalue weighted by molar-refractivity contribution is 7.92. The second-order valence-electron chi connectivity index (χ2n) is 6.13. The monoisotopic (exact) mass is 312 g/mol. The van der Waals surface area contributed by atoms with Crippen molar-refractivity contribution < 1.29 is 13.2 Å². The number of para-hydroxylation sites is 1. The van der Waals surface area contributed by atoms with Crippen LogP contribution in [0, 0.1) is 12.3 Å². The van der Waals surface area contributed by atoms with Crippen LogP contribution in [0.2, 0.25) is 0 Å². The summed E-state index contributed by atoms with van der Waals surface area (Å²) in [6.45, 7) is 7.80. The number of hydrogen-bond acceptors (Lipinski definition) is 3. The molecule has 1 amide bonds. The number of aryl methyl sites for hydroxylation is 1. The van der Waals surface area contributed by atoms with Gasteiger partial charge in [-0.1, -0.05) is 39.0 Å². The summed E-state index contributed by atoms with van der Waals surface area (Å²) < 4.78 is 25.3. The van der Waals surface area contributed by atoms with Crippen molar-refractivity contribution in [2.45, 2.75) is 27.7 Å². The zero-order chi connectivity index (χ0) is 16.3. The Kier molecular flexibility index (Phi) is 5.39. The summed E-state index contributed by atoms with van der Waals surface area (Å²) in [6.07, 6.45) is 1.17. The highest BCUT2D eigenvalue weighted by atomic mass is 32.2. The van der Waals surface area contributed by atoms with Crippen molar-refractivity contribution in [1.29, 1.82) is 0 Å². The Morgan fingerprint density at radius 2 is 1.81 bits per heavy atom. The van der Waals surface area contributed by atoms with E-state index in [2.05, 4.69) is 5.32 Å². The lowest BCUT2D eigenvalue weighted by molar-refractivity contribution is -0.128. The molecular formula is C15H24N2O3S. The van der Waals surface area contributed by atoms with Crippen molar-refractivity contribution in [3.05, 3.63) is 29.8 Å². The van der Waals surface area contributed by atoms with Crippen molar-refractivity contribution in [3.63, 3.8) is 0 Å². The van der Waals surface area contributed by atoms with Crippen LogP contribution >= 0.6 is 0 Å². The van der Waals surface area contributed by atoms with E-state index in [9.17, 15) is 13.2 Å². The first-order valence-electron chi connectivity index (χ1n) is 6.85. The van der Waals surface area contributed by atoms with Crippen LogP contribution in [0.15, 0.2) is 24.3 Å². The van der Waals surface area contributed by atoms with Gasteiger partial charge in [0.25, 0.3) is 0 Å². The summed E-state index contributed by atoms with van der Waals surface area (Å²) in [5.74, 6) is -0.0965. The minimum atomic E-state index is -3.39. The standard InChI is InChI=1S/C15H24N2O3S/c1-12-8-6-7-9-13(12)17(21(5,19)20)11-10-16-14(18)15(2,3)4/h6-9H,10-11H2,1-5H3,(H,16,18). The number of nitrogens with one attached hydrogen (secondary N) is 1. The van der Waals surface area contributed by atoms with E-state index in [1.54, 1.807) is 12.1 Å². The average Bonchev–Trinajstić information content (AvgIpc) is 2.33. The Bertz CT molecular complexity index is 604. The van der Waals surface area contributed by atoms with E-state index >= 15 is 0 Å². The third-order valence-corrected chi connectivity index (χ3v) is 4.25. The van der Waals surface area contributed by atoms with Gasteiger partial charge in [0.2, 0.25) is 15.9 Å². The minimum absolute atomic E-state index is 0.0965. The molecule has 0 unspecified atom stereocenters. The van der Waals surface area contributed by atoms with Crippen molar-refractivity contribution in [3.8, 4) is 0 Å². The Morgan fingerprint density at radius 3 is 2.29 bits per heavy atom. The molecule has 1 N–H and O–H groups in total. The Hall–Kier alpha value is -1.56. The number of carbonyl (C=O) groups is 1. The van der Waals surface area contributed by atoms with E-state index in [1.807, 2.05) is 39.8 Å². The second-order valence-corrected chi connectivity index (χ2v) is 8.03. The maximum Gasteiger partial charge on any atom is 0.232 e. The molecule has 0 spiro atoms. The number of nitrogens with zero attached hydrogens (tertiary/aromatic N) is 1. The highest BCUT2D eigenvalue weighted by Gasteiger charge is 2.22. The molecule has 0 atom stereocenters. The van der Waals surface area contributed by atoms with Gasteiger partial charge in [0.05, 0.1) is 18.5 Å². The van der Waals surface area contributed by atoms with Gasteiger partial charge in [0.15, 0.2) is 0 Å². The first kappa shape index (κ1) is 17.5. The summed E-state index contributed by atoms with van der Waals surface area (Å²) in [6, 6.07) is 7.29. The van der Waals surface area contributed by atoms with E-state index in [1.165, 1.54) is 10.6 Å². The number of anilines is 1. The predicted octanol–water partition coefficient (Wildman–Crippen LogP) is 1.92. The van der Waals surface area contributed by atoms with Crippen LogP contribution in [0.1, 0.15) is 26.3 Å². The fourth-order valence-corrected chi connectivity index (χ4v) is 2.83. The summed E-state index contributed by atoms with van der Waals surface area (Å²) in [5.41, 5.74) is 1.04. The zero-order valence-corrected chi connectivity index (χ0v) is 14.1. The van der Waals surface area contributed by atoms with E-state index in [-0.39, 0.29) is 19.0 Å². The Labute approximate surface area is 127 Å². The fourth-order valence-electron chi connectivity index (χ4n) is 1.84. The van der Waals surface area contributed by atoms with Gasteiger partial charge in [-0.25, -0.2) is 8.42 Å². The van der Waals surface area contributed by atoms with Crippen LogP contribution in [0.3, 0.4) is 0 Å². The summed E-state index contributed by atoms with van der Waals surface area (Å²) >= 11 is 0. The second kappa shape index (κ2) is 6.47. The van der Waals surface area contributed by atoms with Gasteiger partial charge >= 0.3 is 0 Å². The number of hydrogen-bond donors (Lipinski definition) is 1. The van der Waals surface area contributed by atoms with Crippen LogP contribution in [0.5, 0.6) is 0 Å². The van der Waals surface area contributed by atoms with Gasteiger partial charge in [-0.3, -0.25) is 9.10 Å². The molecule has 0 fully saturated rings. The molecule has 0 radical (unpaired) electrons. The molecule has 118 valence electrons. The molecule has 0 aliphatic rings. The number of rotatable bonds is 5. The van der Waals surface area contributed by atoms with E-state index < -0.39 is 15.4 Å². The molecule has 21 heavy (non-hydrogen) atoms. The van der Waals surface area contributed by atoms with Gasteiger partial charge in [-0.15, -0.1) is 0 Å². The van der Waals surface area contributed by atoms with Crippen molar-refractivity contribution >= 4 is 21.6 Å². The van der Waals surface area contributed by atoms with E-state index in [0.29, 0.717) is 5.69 Å². The molecule has 0 saturated carbocycles. The van der Waals surface area contributed by atoms with E-state index in [4.69, 9.17) is 0 Å². The normalized spacial score (nSPS) is 12.0. The van der Waals surface area contributed by atoms with Gasteiger partial charge in [0.1, 0.15) is 0 Å². The molecular weight excluding hydrogens is 288 g/mol. The maximum absolute atomic E-state index is 12.0. The molecule has 5 nitrogen and oxygen atoms in total. The lowest BCUT2D eigenvalue weighted by atomic mass is 9.96. The Balaban J connectivity index is 2.84. The van der Waals surface area contributed by atoms with Crippen LogP contribution in [0.4, 0.5) is 5.69 Å². The lowest BCUT2D eigenvalue weighted by Crippen LogP contribution is -2.41. The molecule has 1 aromatic carbocycles. The third-order valence-electron chi connectivity index (χ3n) is 3.07. The minimum Gasteiger partial charge on any atom is -0.354 e. The van der Waals surface area contributed by atoms with Gasteiger partial charge < -0.3 is 5.32 Å². The SMILES string of the molecule is Cc1ccccc1N(CCNC(=O)C(C)(C)C)S(C)(=O)=O. The molecule has 6 heteroatoms. The quantitative estimate of drug-likeness (QED) is 0.903. The molecule has 1 rings (SSSR count). The van der Waals surface area contributed by atoms with Crippen LogP contribution in [-0.2, 0) is 14.8 Å². The third kappa shape index (κ3) is 5.04.